The van der Waals surface area contributed by atoms with Gasteiger partial charge >= 0.3 is 0 Å². The number of pyridine rings is 1. The number of hydrogen-bond donors (Lipinski definition) is 1. The van der Waals surface area contributed by atoms with Gasteiger partial charge in [-0.05, 0) is 44.9 Å². The maximum atomic E-state index is 11.4. The molecule has 1 N–H and O–H groups in total. The number of aromatic amines is 1. The smallest absolute Gasteiger partial charge is 0.251 e. The largest absolute Gasteiger partial charge is 0.311 e. The monoisotopic (exact) mass is 269 g/mol. The Bertz CT molecular complexity index is 686. The molecule has 4 heteroatoms. The molecule has 0 radical (unpaired) electrons. The van der Waals surface area contributed by atoms with Crippen molar-refractivity contribution in [2.75, 3.05) is 0 Å². The molecular weight excluding hydrogens is 250 g/mol. The van der Waals surface area contributed by atoms with Crippen molar-refractivity contribution >= 4 is 6.08 Å². The first-order valence-corrected chi connectivity index (χ1v) is 6.74. The van der Waals surface area contributed by atoms with Gasteiger partial charge in [-0.2, -0.15) is 0 Å². The van der Waals surface area contributed by atoms with Crippen molar-refractivity contribution in [3.05, 3.63) is 63.1 Å². The third kappa shape index (κ3) is 3.63. The molecule has 0 spiro atoms. The Labute approximate surface area is 118 Å². The van der Waals surface area contributed by atoms with E-state index in [2.05, 4.69) is 21.0 Å². The topological polar surface area (TPSA) is 58.6 Å². The lowest BCUT2D eigenvalue weighted by Crippen LogP contribution is -2.12. The molecule has 0 unspecified atom stereocenters. The molecule has 2 aromatic heterocycles. The third-order valence-corrected chi connectivity index (χ3v) is 3.06. The van der Waals surface area contributed by atoms with Gasteiger partial charge in [0.25, 0.3) is 5.56 Å². The number of rotatable bonds is 4. The second-order valence-corrected chi connectivity index (χ2v) is 4.84. The average molecular weight is 269 g/mol. The first-order chi connectivity index (χ1) is 9.58. The second kappa shape index (κ2) is 6.28. The number of allylic oxidation sites excluding steroid dienone is 1. The van der Waals surface area contributed by atoms with E-state index in [0.717, 1.165) is 29.1 Å². The molecule has 0 fully saturated rings. The quantitative estimate of drug-likeness (QED) is 0.928. The van der Waals surface area contributed by atoms with E-state index in [0.29, 0.717) is 12.2 Å². The van der Waals surface area contributed by atoms with Gasteiger partial charge in [-0.15, -0.1) is 0 Å². The van der Waals surface area contributed by atoms with Gasteiger partial charge in [-0.1, -0.05) is 12.1 Å². The van der Waals surface area contributed by atoms with E-state index >= 15 is 0 Å². The van der Waals surface area contributed by atoms with Gasteiger partial charge in [0, 0.05) is 23.9 Å². The summed E-state index contributed by atoms with van der Waals surface area (Å²) in [6.07, 6.45) is 5.43. The Balaban J connectivity index is 2.14. The zero-order valence-corrected chi connectivity index (χ0v) is 12.1. The number of aromatic nitrogens is 3. The third-order valence-electron chi connectivity index (χ3n) is 3.06. The highest BCUT2D eigenvalue weighted by Gasteiger charge is 2.03. The number of H-pyrrole nitrogens is 1. The number of nitrogens with zero attached hydrogens (tertiary/aromatic N) is 2. The summed E-state index contributed by atoms with van der Waals surface area (Å²) in [5.74, 6) is 0.713. The van der Waals surface area contributed by atoms with Crippen LogP contribution in [0.2, 0.25) is 0 Å². The molecule has 0 bridgehead atoms. The van der Waals surface area contributed by atoms with Gasteiger partial charge in [-0.25, -0.2) is 4.98 Å². The summed E-state index contributed by atoms with van der Waals surface area (Å²) in [6.45, 7) is 5.86. The van der Waals surface area contributed by atoms with Crippen LogP contribution >= 0.6 is 0 Å². The van der Waals surface area contributed by atoms with E-state index in [-0.39, 0.29) is 5.56 Å². The van der Waals surface area contributed by atoms with Gasteiger partial charge < -0.3 is 4.98 Å². The lowest BCUT2D eigenvalue weighted by molar-refractivity contribution is 0.815. The van der Waals surface area contributed by atoms with E-state index < -0.39 is 0 Å². The summed E-state index contributed by atoms with van der Waals surface area (Å²) in [6, 6.07) is 5.60. The highest BCUT2D eigenvalue weighted by Crippen LogP contribution is 2.10. The summed E-state index contributed by atoms with van der Waals surface area (Å²) in [4.78, 5) is 23.1. The zero-order chi connectivity index (χ0) is 14.5. The van der Waals surface area contributed by atoms with Crippen LogP contribution in [0.25, 0.3) is 6.08 Å². The minimum atomic E-state index is -0.0982. The Hall–Kier alpha value is -2.23. The van der Waals surface area contributed by atoms with Crippen molar-refractivity contribution in [3.63, 3.8) is 0 Å². The molecule has 104 valence electrons. The molecule has 0 aliphatic rings. The number of aryl methyl sites for hydroxylation is 4. The van der Waals surface area contributed by atoms with Crippen molar-refractivity contribution < 1.29 is 0 Å². The van der Waals surface area contributed by atoms with Crippen LogP contribution < -0.4 is 5.56 Å². The van der Waals surface area contributed by atoms with Gasteiger partial charge in [0.15, 0.2) is 0 Å². The molecule has 4 nitrogen and oxygen atoms in total. The summed E-state index contributed by atoms with van der Waals surface area (Å²) in [5, 5.41) is 0. The van der Waals surface area contributed by atoms with Crippen molar-refractivity contribution in [2.24, 2.45) is 0 Å². The van der Waals surface area contributed by atoms with Crippen LogP contribution in [0, 0.1) is 13.8 Å². The molecule has 0 aliphatic carbocycles. The van der Waals surface area contributed by atoms with Crippen LogP contribution in [0.5, 0.6) is 0 Å². The van der Waals surface area contributed by atoms with Crippen LogP contribution in [0.1, 0.15) is 35.4 Å². The summed E-state index contributed by atoms with van der Waals surface area (Å²) >= 11 is 0. The van der Waals surface area contributed by atoms with Gasteiger partial charge in [0.05, 0.1) is 5.69 Å². The first kappa shape index (κ1) is 14.2. The zero-order valence-electron chi connectivity index (χ0n) is 12.1. The molecule has 0 saturated carbocycles. The van der Waals surface area contributed by atoms with E-state index in [4.69, 9.17) is 0 Å². The van der Waals surface area contributed by atoms with Crippen LogP contribution in [0.4, 0.5) is 0 Å². The standard InChI is InChI=1S/C16H19N3O/c1-4-5-14-11(2)6-7-13(18-14)8-9-15-17-12(3)10-16(20)19-15/h4-7,10H,8-9H2,1-3H3,(H,17,19,20)/b5-4-. The second-order valence-electron chi connectivity index (χ2n) is 4.84. The lowest BCUT2D eigenvalue weighted by atomic mass is 10.1. The van der Waals surface area contributed by atoms with E-state index in [9.17, 15) is 4.79 Å². The molecular formula is C16H19N3O. The molecule has 2 rings (SSSR count). The summed E-state index contributed by atoms with van der Waals surface area (Å²) in [7, 11) is 0. The highest BCUT2D eigenvalue weighted by molar-refractivity contribution is 5.48. The maximum absolute atomic E-state index is 11.4. The number of nitrogens with one attached hydrogen (secondary N) is 1. The van der Waals surface area contributed by atoms with Crippen molar-refractivity contribution in [1.29, 1.82) is 0 Å². The Morgan fingerprint density at radius 2 is 2.00 bits per heavy atom. The fraction of sp³-hybridized carbons (Fsp3) is 0.312. The van der Waals surface area contributed by atoms with Crippen molar-refractivity contribution in [3.8, 4) is 0 Å². The maximum Gasteiger partial charge on any atom is 0.251 e. The van der Waals surface area contributed by atoms with E-state index in [1.807, 2.05) is 39.0 Å². The Morgan fingerprint density at radius 3 is 2.70 bits per heavy atom. The summed E-state index contributed by atoms with van der Waals surface area (Å²) < 4.78 is 0. The molecule has 2 aromatic rings. The van der Waals surface area contributed by atoms with Gasteiger partial charge in [0.1, 0.15) is 5.82 Å². The normalized spacial score (nSPS) is 11.2. The molecule has 2 heterocycles. The molecule has 0 amide bonds. The molecule has 0 aromatic carbocycles. The van der Waals surface area contributed by atoms with Crippen molar-refractivity contribution in [2.45, 2.75) is 33.6 Å². The fourth-order valence-corrected chi connectivity index (χ4v) is 2.06. The Kier molecular flexibility index (Phi) is 4.45. The predicted molar refractivity (Wildman–Crippen MR) is 80.7 cm³/mol. The molecule has 20 heavy (non-hydrogen) atoms. The van der Waals surface area contributed by atoms with Gasteiger partial charge in [-0.3, -0.25) is 9.78 Å². The van der Waals surface area contributed by atoms with Crippen LogP contribution in [0.15, 0.2) is 29.1 Å². The van der Waals surface area contributed by atoms with Crippen molar-refractivity contribution in [1.82, 2.24) is 15.0 Å². The fourth-order valence-electron chi connectivity index (χ4n) is 2.06. The van der Waals surface area contributed by atoms with Crippen LogP contribution in [-0.2, 0) is 12.8 Å². The van der Waals surface area contributed by atoms with E-state index in [1.54, 1.807) is 0 Å². The lowest BCUT2D eigenvalue weighted by Gasteiger charge is -2.05. The minimum absolute atomic E-state index is 0.0982. The average Bonchev–Trinajstić information content (AvgIpc) is 2.39. The Morgan fingerprint density at radius 1 is 1.20 bits per heavy atom. The molecule has 0 atom stereocenters. The first-order valence-electron chi connectivity index (χ1n) is 6.74. The molecule has 0 saturated heterocycles. The SMILES string of the molecule is C/C=C\c1nc(CCc2nc(C)cc(=O)[nH]2)ccc1C. The number of hydrogen-bond acceptors (Lipinski definition) is 3. The highest BCUT2D eigenvalue weighted by atomic mass is 16.1. The van der Waals surface area contributed by atoms with Gasteiger partial charge in [0.2, 0.25) is 0 Å². The summed E-state index contributed by atoms with van der Waals surface area (Å²) in [5.41, 5.74) is 3.81. The molecule has 0 aliphatic heterocycles. The van der Waals surface area contributed by atoms with E-state index in [1.165, 1.54) is 6.07 Å². The van der Waals surface area contributed by atoms with Crippen LogP contribution in [-0.4, -0.2) is 15.0 Å². The predicted octanol–water partition coefficient (Wildman–Crippen LogP) is 2.60. The van der Waals surface area contributed by atoms with Crippen LogP contribution in [0.3, 0.4) is 0 Å². The minimum Gasteiger partial charge on any atom is -0.311 e.